The van der Waals surface area contributed by atoms with Crippen LogP contribution in [-0.4, -0.2) is 36.9 Å². The SMILES string of the molecule is CC(C)(C)c1ccccc1NC(=O)c1ccc(NC2CCS(=O)(=O)C2)nc1. The minimum atomic E-state index is -2.94. The number of carbonyl (C=O) groups excluding carboxylic acids is 1. The van der Waals surface area contributed by atoms with Gasteiger partial charge in [0.2, 0.25) is 0 Å². The van der Waals surface area contributed by atoms with Crippen LogP contribution in [0, 0.1) is 0 Å². The van der Waals surface area contributed by atoms with Crippen LogP contribution in [0.25, 0.3) is 0 Å². The van der Waals surface area contributed by atoms with Gasteiger partial charge in [0, 0.05) is 17.9 Å². The van der Waals surface area contributed by atoms with Gasteiger partial charge in [-0.1, -0.05) is 39.0 Å². The molecular formula is C20H25N3O3S. The van der Waals surface area contributed by atoms with E-state index in [2.05, 4.69) is 36.4 Å². The topological polar surface area (TPSA) is 88.2 Å². The van der Waals surface area contributed by atoms with Crippen molar-refractivity contribution >= 4 is 27.2 Å². The molecule has 6 nitrogen and oxygen atoms in total. The van der Waals surface area contributed by atoms with Crippen molar-refractivity contribution in [3.8, 4) is 0 Å². The quantitative estimate of drug-likeness (QED) is 0.841. The third kappa shape index (κ3) is 4.86. The van der Waals surface area contributed by atoms with Crippen LogP contribution in [0.15, 0.2) is 42.6 Å². The second-order valence-corrected chi connectivity index (χ2v) is 10.2. The summed E-state index contributed by atoms with van der Waals surface area (Å²) in [5.41, 5.74) is 2.21. The van der Waals surface area contributed by atoms with Crippen LogP contribution < -0.4 is 10.6 Å². The molecule has 1 fully saturated rings. The molecule has 1 amide bonds. The lowest BCUT2D eigenvalue weighted by molar-refractivity contribution is 0.102. The van der Waals surface area contributed by atoms with Crippen LogP contribution in [0.4, 0.5) is 11.5 Å². The maximum absolute atomic E-state index is 12.6. The Labute approximate surface area is 160 Å². The van der Waals surface area contributed by atoms with Crippen LogP contribution in [0.3, 0.4) is 0 Å². The Morgan fingerprint density at radius 3 is 2.48 bits per heavy atom. The molecule has 1 aliphatic heterocycles. The smallest absolute Gasteiger partial charge is 0.257 e. The first kappa shape index (κ1) is 19.4. The summed E-state index contributed by atoms with van der Waals surface area (Å²) in [6.45, 7) is 6.30. The molecule has 1 aromatic heterocycles. The van der Waals surface area contributed by atoms with Crippen molar-refractivity contribution in [2.45, 2.75) is 38.6 Å². The summed E-state index contributed by atoms with van der Waals surface area (Å²) in [5, 5.41) is 6.08. The van der Waals surface area contributed by atoms with Gasteiger partial charge in [-0.2, -0.15) is 0 Å². The summed E-state index contributed by atoms with van der Waals surface area (Å²) in [6.07, 6.45) is 2.08. The molecule has 0 aliphatic carbocycles. The summed E-state index contributed by atoms with van der Waals surface area (Å²) in [5.74, 6) is 0.678. The first-order valence-corrected chi connectivity index (χ1v) is 10.8. The molecule has 27 heavy (non-hydrogen) atoms. The highest BCUT2D eigenvalue weighted by Gasteiger charge is 2.28. The number of carbonyl (C=O) groups is 1. The zero-order valence-corrected chi connectivity index (χ0v) is 16.6. The Bertz CT molecular complexity index is 932. The van der Waals surface area contributed by atoms with Gasteiger partial charge in [0.05, 0.1) is 17.1 Å². The lowest BCUT2D eigenvalue weighted by Gasteiger charge is -2.23. The largest absolute Gasteiger partial charge is 0.366 e. The van der Waals surface area contributed by atoms with Crippen LogP contribution in [-0.2, 0) is 15.3 Å². The number of sulfone groups is 1. The zero-order chi connectivity index (χ0) is 19.7. The summed E-state index contributed by atoms with van der Waals surface area (Å²) in [6, 6.07) is 11.0. The van der Waals surface area contributed by atoms with Gasteiger partial charge in [0.15, 0.2) is 9.84 Å². The summed E-state index contributed by atoms with van der Waals surface area (Å²) in [7, 11) is -2.94. The highest BCUT2D eigenvalue weighted by molar-refractivity contribution is 7.91. The summed E-state index contributed by atoms with van der Waals surface area (Å²) >= 11 is 0. The molecule has 3 rings (SSSR count). The lowest BCUT2D eigenvalue weighted by Crippen LogP contribution is -2.21. The van der Waals surface area contributed by atoms with Crippen molar-refractivity contribution in [3.05, 3.63) is 53.7 Å². The third-order valence-corrected chi connectivity index (χ3v) is 6.36. The fourth-order valence-corrected chi connectivity index (χ4v) is 4.85. The predicted molar refractivity (Wildman–Crippen MR) is 108 cm³/mol. The Kier molecular flexibility index (Phi) is 5.24. The standard InChI is InChI=1S/C20H25N3O3S/c1-20(2,3)16-6-4-5-7-17(16)23-19(24)14-8-9-18(21-12-14)22-15-10-11-27(25,26)13-15/h4-9,12,15H,10-11,13H2,1-3H3,(H,21,22)(H,23,24). The monoisotopic (exact) mass is 387 g/mol. The number of para-hydroxylation sites is 1. The molecule has 0 spiro atoms. The van der Waals surface area contributed by atoms with Crippen molar-refractivity contribution in [2.24, 2.45) is 0 Å². The molecular weight excluding hydrogens is 362 g/mol. The number of aromatic nitrogens is 1. The average Bonchev–Trinajstić information content (AvgIpc) is 2.93. The zero-order valence-electron chi connectivity index (χ0n) is 15.8. The van der Waals surface area contributed by atoms with Crippen LogP contribution in [0.2, 0.25) is 0 Å². The average molecular weight is 388 g/mol. The molecule has 1 unspecified atom stereocenters. The van der Waals surface area contributed by atoms with Gasteiger partial charge in [-0.15, -0.1) is 0 Å². The van der Waals surface area contributed by atoms with E-state index in [1.165, 1.54) is 6.20 Å². The predicted octanol–water partition coefficient (Wildman–Crippen LogP) is 3.23. The second kappa shape index (κ2) is 7.31. The second-order valence-electron chi connectivity index (χ2n) is 7.93. The number of benzene rings is 1. The van der Waals surface area contributed by atoms with Crippen LogP contribution in [0.5, 0.6) is 0 Å². The Balaban J connectivity index is 1.68. The Hall–Kier alpha value is -2.41. The minimum absolute atomic E-state index is 0.0858. The molecule has 144 valence electrons. The fourth-order valence-electron chi connectivity index (χ4n) is 3.17. The van der Waals surface area contributed by atoms with E-state index in [0.29, 0.717) is 17.8 Å². The fraction of sp³-hybridized carbons (Fsp3) is 0.400. The number of nitrogens with one attached hydrogen (secondary N) is 2. The molecule has 1 saturated heterocycles. The Morgan fingerprint density at radius 2 is 1.89 bits per heavy atom. The van der Waals surface area contributed by atoms with Crippen molar-refractivity contribution in [1.82, 2.24) is 4.98 Å². The normalized spacial score (nSPS) is 18.9. The van der Waals surface area contributed by atoms with Crippen molar-refractivity contribution in [2.75, 3.05) is 22.1 Å². The summed E-state index contributed by atoms with van der Waals surface area (Å²) in [4.78, 5) is 16.8. The molecule has 0 radical (unpaired) electrons. The molecule has 1 aliphatic rings. The number of anilines is 2. The van der Waals surface area contributed by atoms with E-state index in [-0.39, 0.29) is 28.9 Å². The van der Waals surface area contributed by atoms with Gasteiger partial charge in [-0.3, -0.25) is 4.79 Å². The highest BCUT2D eigenvalue weighted by atomic mass is 32.2. The van der Waals surface area contributed by atoms with E-state index in [0.717, 1.165) is 11.3 Å². The van der Waals surface area contributed by atoms with E-state index in [9.17, 15) is 13.2 Å². The number of rotatable bonds is 4. The first-order valence-electron chi connectivity index (χ1n) is 8.98. The maximum Gasteiger partial charge on any atom is 0.257 e. The molecule has 2 aromatic rings. The van der Waals surface area contributed by atoms with Gasteiger partial charge >= 0.3 is 0 Å². The number of pyridine rings is 1. The molecule has 2 N–H and O–H groups in total. The van der Waals surface area contributed by atoms with Crippen molar-refractivity contribution < 1.29 is 13.2 Å². The number of amides is 1. The van der Waals surface area contributed by atoms with E-state index in [1.54, 1.807) is 12.1 Å². The van der Waals surface area contributed by atoms with Gasteiger partial charge in [-0.25, -0.2) is 13.4 Å². The number of hydrogen-bond donors (Lipinski definition) is 2. The van der Waals surface area contributed by atoms with E-state index in [4.69, 9.17) is 0 Å². The van der Waals surface area contributed by atoms with Gasteiger partial charge < -0.3 is 10.6 Å². The highest BCUT2D eigenvalue weighted by Crippen LogP contribution is 2.29. The minimum Gasteiger partial charge on any atom is -0.366 e. The van der Waals surface area contributed by atoms with Crippen molar-refractivity contribution in [3.63, 3.8) is 0 Å². The van der Waals surface area contributed by atoms with Gasteiger partial charge in [0.25, 0.3) is 5.91 Å². The van der Waals surface area contributed by atoms with E-state index < -0.39 is 9.84 Å². The number of nitrogens with zero attached hydrogens (tertiary/aromatic N) is 1. The van der Waals surface area contributed by atoms with E-state index >= 15 is 0 Å². The molecule has 1 atom stereocenters. The molecule has 2 heterocycles. The molecule has 0 saturated carbocycles. The first-order chi connectivity index (χ1) is 12.6. The summed E-state index contributed by atoms with van der Waals surface area (Å²) < 4.78 is 23.1. The van der Waals surface area contributed by atoms with E-state index in [1.807, 2.05) is 24.3 Å². The molecule has 1 aromatic carbocycles. The van der Waals surface area contributed by atoms with Crippen molar-refractivity contribution in [1.29, 1.82) is 0 Å². The van der Waals surface area contributed by atoms with Gasteiger partial charge in [0.1, 0.15) is 5.82 Å². The van der Waals surface area contributed by atoms with Crippen LogP contribution in [0.1, 0.15) is 43.1 Å². The Morgan fingerprint density at radius 1 is 1.15 bits per heavy atom. The molecule has 0 bridgehead atoms. The number of hydrogen-bond acceptors (Lipinski definition) is 5. The third-order valence-electron chi connectivity index (χ3n) is 4.59. The van der Waals surface area contributed by atoms with Gasteiger partial charge in [-0.05, 0) is 35.6 Å². The lowest BCUT2D eigenvalue weighted by atomic mass is 9.86. The maximum atomic E-state index is 12.6. The molecule has 7 heteroatoms. The van der Waals surface area contributed by atoms with Crippen LogP contribution >= 0.6 is 0 Å².